The molecule has 0 saturated carbocycles. The number of aromatic carboxylic acids is 1. The quantitative estimate of drug-likeness (QED) is 0.583. The van der Waals surface area contributed by atoms with Gasteiger partial charge >= 0.3 is 5.97 Å². The van der Waals surface area contributed by atoms with E-state index < -0.39 is 10.9 Å². The number of carboxylic acid groups (broad SMARTS) is 1. The number of nitro benzene ring substituents is 1. The zero-order chi connectivity index (χ0) is 14.4. The molecule has 0 aliphatic heterocycles. The molecule has 0 aliphatic carbocycles. The standard InChI is InChI=1S/C13H18N2O4/c1-3-4-5-9(2)14-10-6-7-11(13(16)17)12(8-10)15(18)19/h6-9,14H,3-5H2,1-2H3,(H,16,17). The van der Waals surface area contributed by atoms with Gasteiger partial charge in [-0.15, -0.1) is 0 Å². The summed E-state index contributed by atoms with van der Waals surface area (Å²) in [5.74, 6) is -1.29. The van der Waals surface area contributed by atoms with Crippen LogP contribution in [0.4, 0.5) is 11.4 Å². The molecule has 1 aromatic rings. The summed E-state index contributed by atoms with van der Waals surface area (Å²) in [5.41, 5.74) is -0.114. The Morgan fingerprint density at radius 2 is 2.21 bits per heavy atom. The van der Waals surface area contributed by atoms with Crippen LogP contribution in [-0.2, 0) is 0 Å². The smallest absolute Gasteiger partial charge is 0.342 e. The zero-order valence-corrected chi connectivity index (χ0v) is 11.0. The zero-order valence-electron chi connectivity index (χ0n) is 11.0. The summed E-state index contributed by atoms with van der Waals surface area (Å²) in [6.45, 7) is 4.09. The molecule has 1 rings (SSSR count). The van der Waals surface area contributed by atoms with Crippen LogP contribution in [0.1, 0.15) is 43.5 Å². The number of nitro groups is 1. The third-order valence-corrected chi connectivity index (χ3v) is 2.83. The van der Waals surface area contributed by atoms with Crippen LogP contribution >= 0.6 is 0 Å². The fourth-order valence-electron chi connectivity index (χ4n) is 1.82. The van der Waals surface area contributed by atoms with Gasteiger partial charge in [0, 0.05) is 17.8 Å². The molecule has 6 nitrogen and oxygen atoms in total. The van der Waals surface area contributed by atoms with Gasteiger partial charge in [-0.2, -0.15) is 0 Å². The Morgan fingerprint density at radius 3 is 2.74 bits per heavy atom. The summed E-state index contributed by atoms with van der Waals surface area (Å²) in [5, 5.41) is 22.9. The van der Waals surface area contributed by atoms with Gasteiger partial charge in [0.25, 0.3) is 5.69 Å². The van der Waals surface area contributed by atoms with Gasteiger partial charge in [-0.3, -0.25) is 10.1 Å². The van der Waals surface area contributed by atoms with E-state index in [0.717, 1.165) is 19.3 Å². The molecular formula is C13H18N2O4. The van der Waals surface area contributed by atoms with Gasteiger partial charge in [0.05, 0.1) is 4.92 Å². The molecule has 0 bridgehead atoms. The molecule has 1 unspecified atom stereocenters. The Hall–Kier alpha value is -2.11. The highest BCUT2D eigenvalue weighted by Crippen LogP contribution is 2.24. The lowest BCUT2D eigenvalue weighted by atomic mass is 10.1. The largest absolute Gasteiger partial charge is 0.477 e. The van der Waals surface area contributed by atoms with Crippen molar-refractivity contribution < 1.29 is 14.8 Å². The van der Waals surface area contributed by atoms with Crippen molar-refractivity contribution in [2.45, 2.75) is 39.2 Å². The first-order chi connectivity index (χ1) is 8.95. The Balaban J connectivity index is 2.90. The molecule has 19 heavy (non-hydrogen) atoms. The lowest BCUT2D eigenvalue weighted by Gasteiger charge is -2.14. The van der Waals surface area contributed by atoms with Crippen molar-refractivity contribution in [3.8, 4) is 0 Å². The van der Waals surface area contributed by atoms with Crippen molar-refractivity contribution in [2.75, 3.05) is 5.32 Å². The maximum atomic E-state index is 10.9. The maximum Gasteiger partial charge on any atom is 0.342 e. The molecule has 0 aliphatic rings. The van der Waals surface area contributed by atoms with Gasteiger partial charge in [-0.05, 0) is 25.5 Å². The maximum absolute atomic E-state index is 10.9. The number of carboxylic acids is 1. The molecule has 0 saturated heterocycles. The van der Waals surface area contributed by atoms with Crippen molar-refractivity contribution in [1.82, 2.24) is 0 Å². The Kier molecular flexibility index (Phi) is 5.29. The average molecular weight is 266 g/mol. The lowest BCUT2D eigenvalue weighted by Crippen LogP contribution is -2.15. The molecule has 0 fully saturated rings. The van der Waals surface area contributed by atoms with E-state index in [1.165, 1.54) is 12.1 Å². The topological polar surface area (TPSA) is 92.5 Å². The number of carbonyl (C=O) groups is 1. The average Bonchev–Trinajstić information content (AvgIpc) is 2.35. The van der Waals surface area contributed by atoms with Crippen LogP contribution in [0.15, 0.2) is 18.2 Å². The Bertz CT molecular complexity index is 474. The predicted molar refractivity (Wildman–Crippen MR) is 72.7 cm³/mol. The van der Waals surface area contributed by atoms with E-state index in [1.54, 1.807) is 6.07 Å². The molecular weight excluding hydrogens is 248 g/mol. The van der Waals surface area contributed by atoms with E-state index in [0.29, 0.717) is 5.69 Å². The molecule has 104 valence electrons. The van der Waals surface area contributed by atoms with Crippen LogP contribution in [-0.4, -0.2) is 22.0 Å². The second-order valence-corrected chi connectivity index (χ2v) is 4.48. The van der Waals surface area contributed by atoms with Crippen LogP contribution < -0.4 is 5.32 Å². The highest BCUT2D eigenvalue weighted by molar-refractivity contribution is 5.93. The SMILES string of the molecule is CCCCC(C)Nc1ccc(C(=O)O)c([N+](=O)[O-])c1. The number of benzene rings is 1. The van der Waals surface area contributed by atoms with Crippen molar-refractivity contribution in [1.29, 1.82) is 0 Å². The van der Waals surface area contributed by atoms with Crippen molar-refractivity contribution in [2.24, 2.45) is 0 Å². The van der Waals surface area contributed by atoms with E-state index in [2.05, 4.69) is 12.2 Å². The molecule has 6 heteroatoms. The van der Waals surface area contributed by atoms with Crippen LogP contribution in [0.3, 0.4) is 0 Å². The number of hydrogen-bond donors (Lipinski definition) is 2. The van der Waals surface area contributed by atoms with E-state index in [1.807, 2.05) is 6.92 Å². The van der Waals surface area contributed by atoms with Crippen LogP contribution in [0.5, 0.6) is 0 Å². The van der Waals surface area contributed by atoms with Gasteiger partial charge < -0.3 is 10.4 Å². The molecule has 0 spiro atoms. The van der Waals surface area contributed by atoms with Gasteiger partial charge in [0.15, 0.2) is 0 Å². The first-order valence-electron chi connectivity index (χ1n) is 6.24. The normalized spacial score (nSPS) is 11.9. The number of nitrogens with zero attached hydrogens (tertiary/aromatic N) is 1. The summed E-state index contributed by atoms with van der Waals surface area (Å²) in [6, 6.07) is 4.27. The lowest BCUT2D eigenvalue weighted by molar-refractivity contribution is -0.385. The van der Waals surface area contributed by atoms with Gasteiger partial charge in [0.1, 0.15) is 5.56 Å². The fraction of sp³-hybridized carbons (Fsp3) is 0.462. The summed E-state index contributed by atoms with van der Waals surface area (Å²) in [6.07, 6.45) is 3.12. The molecule has 2 N–H and O–H groups in total. The Labute approximate surface area is 111 Å². The highest BCUT2D eigenvalue weighted by Gasteiger charge is 2.20. The van der Waals surface area contributed by atoms with Crippen molar-refractivity contribution in [3.05, 3.63) is 33.9 Å². The number of anilines is 1. The molecule has 0 heterocycles. The third kappa shape index (κ3) is 4.24. The molecule has 1 atom stereocenters. The fourth-order valence-corrected chi connectivity index (χ4v) is 1.82. The van der Waals surface area contributed by atoms with Gasteiger partial charge in [0.2, 0.25) is 0 Å². The van der Waals surface area contributed by atoms with Crippen molar-refractivity contribution >= 4 is 17.3 Å². The minimum Gasteiger partial charge on any atom is -0.477 e. The molecule has 1 aromatic carbocycles. The summed E-state index contributed by atoms with van der Waals surface area (Å²) >= 11 is 0. The molecule has 0 radical (unpaired) electrons. The van der Waals surface area contributed by atoms with Gasteiger partial charge in [-0.25, -0.2) is 4.79 Å². The Morgan fingerprint density at radius 1 is 1.53 bits per heavy atom. The van der Waals surface area contributed by atoms with Gasteiger partial charge in [-0.1, -0.05) is 19.8 Å². The van der Waals surface area contributed by atoms with Crippen LogP contribution in [0, 0.1) is 10.1 Å². The first-order valence-corrected chi connectivity index (χ1v) is 6.24. The second-order valence-electron chi connectivity index (χ2n) is 4.48. The van der Waals surface area contributed by atoms with Crippen molar-refractivity contribution in [3.63, 3.8) is 0 Å². The molecule has 0 aromatic heterocycles. The first kappa shape index (κ1) is 14.9. The number of unbranched alkanes of at least 4 members (excludes halogenated alkanes) is 1. The third-order valence-electron chi connectivity index (χ3n) is 2.83. The van der Waals surface area contributed by atoms with E-state index in [4.69, 9.17) is 5.11 Å². The number of rotatable bonds is 7. The van der Waals surface area contributed by atoms with Crippen LogP contribution in [0.25, 0.3) is 0 Å². The minimum atomic E-state index is -1.29. The minimum absolute atomic E-state index is 0.190. The molecule has 0 amide bonds. The number of hydrogen-bond acceptors (Lipinski definition) is 4. The second kappa shape index (κ2) is 6.72. The predicted octanol–water partition coefficient (Wildman–Crippen LogP) is 3.28. The summed E-state index contributed by atoms with van der Waals surface area (Å²) in [7, 11) is 0. The highest BCUT2D eigenvalue weighted by atomic mass is 16.6. The van der Waals surface area contributed by atoms with E-state index in [9.17, 15) is 14.9 Å². The summed E-state index contributed by atoms with van der Waals surface area (Å²) in [4.78, 5) is 21.1. The number of nitrogens with one attached hydrogen (secondary N) is 1. The van der Waals surface area contributed by atoms with E-state index in [-0.39, 0.29) is 17.3 Å². The van der Waals surface area contributed by atoms with Crippen LogP contribution in [0.2, 0.25) is 0 Å². The summed E-state index contributed by atoms with van der Waals surface area (Å²) < 4.78 is 0. The van der Waals surface area contributed by atoms with E-state index >= 15 is 0 Å². The monoisotopic (exact) mass is 266 g/mol.